The predicted octanol–water partition coefficient (Wildman–Crippen LogP) is 7.09. The molecule has 1 aliphatic rings. The molecule has 1 aliphatic heterocycles. The third kappa shape index (κ3) is 5.21. The molecule has 1 fully saturated rings. The number of pyridine rings is 1. The van der Waals surface area contributed by atoms with E-state index in [0.29, 0.717) is 5.41 Å². The topological polar surface area (TPSA) is 3.88 Å². The van der Waals surface area contributed by atoms with Crippen molar-refractivity contribution in [1.29, 1.82) is 0 Å². The van der Waals surface area contributed by atoms with E-state index in [1.54, 1.807) is 9.96 Å². The molecule has 1 aromatic carbocycles. The van der Waals surface area contributed by atoms with Crippen LogP contribution in [0.1, 0.15) is 57.2 Å². The summed E-state index contributed by atoms with van der Waals surface area (Å²) in [6.07, 6.45) is 5.14. The first-order chi connectivity index (χ1) is 14.0. The molecule has 0 saturated carbocycles. The maximum absolute atomic E-state index is 2.57. The third-order valence-corrected chi connectivity index (χ3v) is 15.3. The molecule has 3 heteroatoms. The molecule has 0 N–H and O–H groups in total. The Labute approximate surface area is 196 Å². The number of aryl methyl sites for hydroxylation is 2. The number of hydrogen-bond donors (Lipinski definition) is 0. The molecule has 0 radical (unpaired) electrons. The Kier molecular flexibility index (Phi) is 6.52. The first kappa shape index (κ1) is 24.8. The van der Waals surface area contributed by atoms with Crippen LogP contribution in [0.2, 0.25) is 42.5 Å². The molecule has 2 heterocycles. The van der Waals surface area contributed by atoms with E-state index in [1.165, 1.54) is 47.3 Å². The van der Waals surface area contributed by atoms with E-state index in [2.05, 4.69) is 107 Å². The maximum atomic E-state index is 2.57. The third-order valence-electron chi connectivity index (χ3n) is 7.80. The van der Waals surface area contributed by atoms with Gasteiger partial charge in [-0.1, -0.05) is 0 Å². The van der Waals surface area contributed by atoms with Crippen molar-refractivity contribution in [3.05, 3.63) is 47.2 Å². The van der Waals surface area contributed by atoms with E-state index in [9.17, 15) is 0 Å². The molecular formula is C28H46GeNSi+. The first-order valence-corrected chi connectivity index (χ1v) is 23.0. The van der Waals surface area contributed by atoms with E-state index in [4.69, 9.17) is 0 Å². The molecule has 0 spiro atoms. The van der Waals surface area contributed by atoms with Gasteiger partial charge in [0.15, 0.2) is 0 Å². The van der Waals surface area contributed by atoms with Gasteiger partial charge in [-0.3, -0.25) is 0 Å². The summed E-state index contributed by atoms with van der Waals surface area (Å²) in [5.41, 5.74) is 7.81. The van der Waals surface area contributed by atoms with Gasteiger partial charge in [0.1, 0.15) is 0 Å². The molecule has 0 bridgehead atoms. The van der Waals surface area contributed by atoms with Gasteiger partial charge in [-0.05, 0) is 0 Å². The Morgan fingerprint density at radius 3 is 2.06 bits per heavy atom. The van der Waals surface area contributed by atoms with Crippen LogP contribution in [0.5, 0.6) is 0 Å². The molecule has 0 atom stereocenters. The predicted molar refractivity (Wildman–Crippen MR) is 143 cm³/mol. The Morgan fingerprint density at radius 1 is 1.00 bits per heavy atom. The van der Waals surface area contributed by atoms with Crippen molar-refractivity contribution in [2.24, 2.45) is 7.05 Å². The van der Waals surface area contributed by atoms with Crippen molar-refractivity contribution in [1.82, 2.24) is 0 Å². The zero-order chi connectivity index (χ0) is 23.4. The van der Waals surface area contributed by atoms with Crippen molar-refractivity contribution >= 4 is 25.7 Å². The second-order valence-corrected chi connectivity index (χ2v) is 29.3. The van der Waals surface area contributed by atoms with Crippen LogP contribution >= 0.6 is 0 Å². The van der Waals surface area contributed by atoms with Crippen LogP contribution in [0.15, 0.2) is 30.5 Å². The zero-order valence-corrected chi connectivity index (χ0v) is 25.3. The number of aromatic nitrogens is 1. The van der Waals surface area contributed by atoms with E-state index >= 15 is 0 Å². The number of hydrogen-bond acceptors (Lipinski definition) is 0. The van der Waals surface area contributed by atoms with Gasteiger partial charge in [0.05, 0.1) is 0 Å². The Bertz CT molecular complexity index is 966. The number of rotatable bonds is 3. The molecule has 170 valence electrons. The second kappa shape index (κ2) is 8.17. The molecular weight excluding hydrogens is 451 g/mol. The first-order valence-electron chi connectivity index (χ1n) is 12.2. The molecule has 0 unspecified atom stereocenters. The van der Waals surface area contributed by atoms with E-state index in [0.717, 1.165) is 0 Å². The Balaban J connectivity index is 2.06. The fourth-order valence-corrected chi connectivity index (χ4v) is 11.7. The second-order valence-electron chi connectivity index (χ2n) is 13.4. The van der Waals surface area contributed by atoms with Crippen molar-refractivity contribution in [2.75, 3.05) is 0 Å². The summed E-state index contributed by atoms with van der Waals surface area (Å²) < 4.78 is 4.02. The van der Waals surface area contributed by atoms with Crippen LogP contribution in [-0.4, -0.2) is 21.3 Å². The van der Waals surface area contributed by atoms with Gasteiger partial charge in [0.2, 0.25) is 0 Å². The summed E-state index contributed by atoms with van der Waals surface area (Å²) in [7, 11) is 1.29. The minimum absolute atomic E-state index is 0.176. The van der Waals surface area contributed by atoms with Gasteiger partial charge < -0.3 is 0 Å². The van der Waals surface area contributed by atoms with Crippen LogP contribution in [0.3, 0.4) is 0 Å². The minimum atomic E-state index is -2.02. The molecule has 1 aromatic heterocycles. The molecule has 0 amide bonds. The van der Waals surface area contributed by atoms with Crippen molar-refractivity contribution in [3.8, 4) is 11.3 Å². The fraction of sp³-hybridized carbons (Fsp3) is 0.607. The molecule has 31 heavy (non-hydrogen) atoms. The molecule has 3 rings (SSSR count). The van der Waals surface area contributed by atoms with Gasteiger partial charge in [0, 0.05) is 0 Å². The average Bonchev–Trinajstić information content (AvgIpc) is 2.63. The van der Waals surface area contributed by atoms with Gasteiger partial charge in [-0.15, -0.1) is 0 Å². The van der Waals surface area contributed by atoms with Gasteiger partial charge >= 0.3 is 197 Å². The molecule has 1 saturated heterocycles. The van der Waals surface area contributed by atoms with Crippen LogP contribution < -0.4 is 8.96 Å². The van der Waals surface area contributed by atoms with E-state index in [-0.39, 0.29) is 5.41 Å². The standard InChI is InChI=1S/C28H46GeNSi/c1-21-18-22(28(5)14-16-31(10,11)17-15-28)12-13-23(21)26-19-25(29(6,7)8)24(20-30(26)9)27(2,3)4/h12-13,18-20H,14-17H2,1-11H3/q+1. The molecule has 2 aromatic rings. The summed E-state index contributed by atoms with van der Waals surface area (Å²) in [4.78, 5) is 0. The summed E-state index contributed by atoms with van der Waals surface area (Å²) in [6.45, 7) is 17.0. The fourth-order valence-electron chi connectivity index (χ4n) is 5.23. The summed E-state index contributed by atoms with van der Waals surface area (Å²) >= 11 is -2.02. The quantitative estimate of drug-likeness (QED) is 0.315. The Morgan fingerprint density at radius 2 is 1.58 bits per heavy atom. The molecule has 1 nitrogen and oxygen atoms in total. The van der Waals surface area contributed by atoms with E-state index < -0.39 is 21.3 Å². The van der Waals surface area contributed by atoms with Crippen molar-refractivity contribution < 1.29 is 4.57 Å². The van der Waals surface area contributed by atoms with Gasteiger partial charge in [-0.2, -0.15) is 0 Å². The van der Waals surface area contributed by atoms with Crippen LogP contribution in [0.25, 0.3) is 11.3 Å². The van der Waals surface area contributed by atoms with Crippen molar-refractivity contribution in [2.45, 2.75) is 101 Å². The van der Waals surface area contributed by atoms with Crippen LogP contribution in [0, 0.1) is 6.92 Å². The van der Waals surface area contributed by atoms with Crippen molar-refractivity contribution in [3.63, 3.8) is 0 Å². The van der Waals surface area contributed by atoms with Gasteiger partial charge in [-0.25, -0.2) is 0 Å². The average molecular weight is 497 g/mol. The summed E-state index contributed by atoms with van der Waals surface area (Å²) in [6, 6.07) is 12.8. The number of nitrogens with zero attached hydrogens (tertiary/aromatic N) is 1. The van der Waals surface area contributed by atoms with Crippen LogP contribution in [-0.2, 0) is 17.9 Å². The monoisotopic (exact) mass is 498 g/mol. The normalized spacial score (nSPS) is 18.8. The summed E-state index contributed by atoms with van der Waals surface area (Å²) in [5.74, 6) is 7.58. The number of benzene rings is 1. The Hall–Kier alpha value is -0.870. The van der Waals surface area contributed by atoms with E-state index in [1.807, 2.05) is 0 Å². The zero-order valence-electron chi connectivity index (χ0n) is 22.2. The SMILES string of the molecule is Cc1cc(C2(C)CC[Si](C)(C)CC2)ccc1-c1c[c]([Ge]([CH3])([CH3])[CH3])c(C(C)(C)C)c[n+]1C. The van der Waals surface area contributed by atoms with Gasteiger partial charge in [0.25, 0.3) is 0 Å². The van der Waals surface area contributed by atoms with Crippen LogP contribution in [0.4, 0.5) is 0 Å². The molecule has 0 aliphatic carbocycles. The summed E-state index contributed by atoms with van der Waals surface area (Å²) in [5, 5.41) is 0.